The highest BCUT2D eigenvalue weighted by atomic mass is 16.7. The number of esters is 1. The fourth-order valence-corrected chi connectivity index (χ4v) is 1.77. The van der Waals surface area contributed by atoms with Crippen LogP contribution in [0.1, 0.15) is 30.9 Å². The van der Waals surface area contributed by atoms with Gasteiger partial charge in [0.15, 0.2) is 6.10 Å². The second-order valence-electron chi connectivity index (χ2n) is 4.05. The summed E-state index contributed by atoms with van der Waals surface area (Å²) in [5.41, 5.74) is 0.535. The van der Waals surface area contributed by atoms with E-state index >= 15 is 0 Å². The van der Waals surface area contributed by atoms with Crippen molar-refractivity contribution in [2.75, 3.05) is 6.61 Å². The number of hydrogen-bond donors (Lipinski definition) is 1. The maximum atomic E-state index is 11.7. The molecule has 1 N–H and O–H groups in total. The lowest BCUT2D eigenvalue weighted by Crippen LogP contribution is -2.28. The lowest BCUT2D eigenvalue weighted by Gasteiger charge is -2.23. The number of carbonyl (C=O) groups excluding carboxylic acids is 1. The van der Waals surface area contributed by atoms with E-state index in [2.05, 4.69) is 0 Å². The van der Waals surface area contributed by atoms with Gasteiger partial charge in [-0.2, -0.15) is 0 Å². The smallest absolute Gasteiger partial charge is 0.341 e. The van der Waals surface area contributed by atoms with E-state index in [-0.39, 0.29) is 0 Å². The van der Waals surface area contributed by atoms with E-state index in [1.807, 2.05) is 6.07 Å². The van der Waals surface area contributed by atoms with Crippen molar-refractivity contribution >= 4 is 5.97 Å². The van der Waals surface area contributed by atoms with Crippen LogP contribution in [-0.4, -0.2) is 24.0 Å². The molecule has 1 aliphatic rings. The average Bonchev–Trinajstić information content (AvgIpc) is 2.40. The summed E-state index contributed by atoms with van der Waals surface area (Å²) in [5.74, 6) is -0.650. The molecule has 0 spiro atoms. The molecule has 1 aromatic rings. The van der Waals surface area contributed by atoms with E-state index in [4.69, 9.17) is 9.47 Å². The third kappa shape index (κ3) is 3.28. The predicted octanol–water partition coefficient (Wildman–Crippen LogP) is 1.79. The molecule has 1 aromatic carbocycles. The summed E-state index contributed by atoms with van der Waals surface area (Å²) in [6.07, 6.45) is 0.943. The van der Waals surface area contributed by atoms with Crippen LogP contribution < -0.4 is 0 Å². The Morgan fingerprint density at radius 3 is 2.76 bits per heavy atom. The van der Waals surface area contributed by atoms with Gasteiger partial charge in [0.2, 0.25) is 6.29 Å². The van der Waals surface area contributed by atoms with Crippen molar-refractivity contribution in [2.24, 2.45) is 0 Å². The highest BCUT2D eigenvalue weighted by molar-refractivity contribution is 5.76. The third-order valence-electron chi connectivity index (χ3n) is 2.72. The largest absolute Gasteiger partial charge is 0.434 e. The number of rotatable bonds is 3. The standard InChI is InChI=1S/C13H16O4/c14-12(10-6-2-1-3-7-10)13(15)17-11-8-4-5-9-16-11/h1-3,6-7,11-12,14H,4-5,8-9H2. The van der Waals surface area contributed by atoms with E-state index < -0.39 is 18.4 Å². The van der Waals surface area contributed by atoms with Gasteiger partial charge in [-0.15, -0.1) is 0 Å². The van der Waals surface area contributed by atoms with Crippen LogP contribution in [0.5, 0.6) is 0 Å². The monoisotopic (exact) mass is 236 g/mol. The second kappa shape index (κ2) is 5.80. The van der Waals surface area contributed by atoms with Crippen molar-refractivity contribution in [3.05, 3.63) is 35.9 Å². The van der Waals surface area contributed by atoms with Gasteiger partial charge < -0.3 is 14.6 Å². The number of ether oxygens (including phenoxy) is 2. The van der Waals surface area contributed by atoms with Gasteiger partial charge in [0.05, 0.1) is 6.61 Å². The first-order valence-electron chi connectivity index (χ1n) is 5.82. The SMILES string of the molecule is O=C(OC1CCCCO1)C(O)c1ccccc1. The van der Waals surface area contributed by atoms with Gasteiger partial charge in [-0.1, -0.05) is 30.3 Å². The molecule has 1 fully saturated rings. The van der Waals surface area contributed by atoms with Crippen LogP contribution in [-0.2, 0) is 14.3 Å². The number of carbonyl (C=O) groups is 1. The Bertz CT molecular complexity index is 357. The fraction of sp³-hybridized carbons (Fsp3) is 0.462. The van der Waals surface area contributed by atoms with E-state index in [0.29, 0.717) is 18.6 Å². The molecule has 4 heteroatoms. The van der Waals surface area contributed by atoms with Crippen LogP contribution in [0.3, 0.4) is 0 Å². The van der Waals surface area contributed by atoms with Crippen molar-refractivity contribution < 1.29 is 19.4 Å². The van der Waals surface area contributed by atoms with Crippen molar-refractivity contribution in [1.82, 2.24) is 0 Å². The molecule has 0 bridgehead atoms. The quantitative estimate of drug-likeness (QED) is 0.813. The number of hydrogen-bond acceptors (Lipinski definition) is 4. The molecular formula is C13H16O4. The number of aliphatic hydroxyl groups excluding tert-OH is 1. The first kappa shape index (κ1) is 12.1. The van der Waals surface area contributed by atoms with Gasteiger partial charge in [-0.05, 0) is 18.4 Å². The summed E-state index contributed by atoms with van der Waals surface area (Å²) in [5, 5.41) is 9.79. The first-order chi connectivity index (χ1) is 8.27. The van der Waals surface area contributed by atoms with E-state index in [1.165, 1.54) is 0 Å². The molecule has 0 aliphatic carbocycles. The molecule has 2 rings (SSSR count). The minimum atomic E-state index is -1.23. The van der Waals surface area contributed by atoms with Gasteiger partial charge in [-0.3, -0.25) is 0 Å². The van der Waals surface area contributed by atoms with Crippen LogP contribution >= 0.6 is 0 Å². The van der Waals surface area contributed by atoms with E-state index in [9.17, 15) is 9.90 Å². The molecule has 2 atom stereocenters. The summed E-state index contributed by atoms with van der Waals surface area (Å²) in [6, 6.07) is 8.74. The van der Waals surface area contributed by atoms with Gasteiger partial charge in [-0.25, -0.2) is 4.79 Å². The van der Waals surface area contributed by atoms with Gasteiger partial charge in [0, 0.05) is 6.42 Å². The lowest BCUT2D eigenvalue weighted by atomic mass is 10.1. The molecule has 1 saturated heterocycles. The molecule has 4 nitrogen and oxygen atoms in total. The van der Waals surface area contributed by atoms with Crippen molar-refractivity contribution in [3.8, 4) is 0 Å². The molecule has 1 heterocycles. The Kier molecular flexibility index (Phi) is 4.12. The molecule has 92 valence electrons. The predicted molar refractivity (Wildman–Crippen MR) is 61.1 cm³/mol. The topological polar surface area (TPSA) is 55.8 Å². The fourth-order valence-electron chi connectivity index (χ4n) is 1.77. The highest BCUT2D eigenvalue weighted by Gasteiger charge is 2.24. The Morgan fingerprint density at radius 2 is 2.12 bits per heavy atom. The second-order valence-corrected chi connectivity index (χ2v) is 4.05. The number of benzene rings is 1. The van der Waals surface area contributed by atoms with Crippen LogP contribution in [0.15, 0.2) is 30.3 Å². The molecule has 1 aliphatic heterocycles. The third-order valence-corrected chi connectivity index (χ3v) is 2.72. The summed E-state index contributed by atoms with van der Waals surface area (Å²) in [4.78, 5) is 11.7. The van der Waals surface area contributed by atoms with Crippen molar-refractivity contribution in [3.63, 3.8) is 0 Å². The normalized spacial score (nSPS) is 21.8. The van der Waals surface area contributed by atoms with E-state index in [0.717, 1.165) is 12.8 Å². The van der Waals surface area contributed by atoms with Gasteiger partial charge >= 0.3 is 5.97 Å². The molecule has 17 heavy (non-hydrogen) atoms. The maximum absolute atomic E-state index is 11.7. The molecule has 0 radical (unpaired) electrons. The van der Waals surface area contributed by atoms with Crippen LogP contribution in [0.25, 0.3) is 0 Å². The molecule has 2 unspecified atom stereocenters. The van der Waals surface area contributed by atoms with Gasteiger partial charge in [0.1, 0.15) is 0 Å². The summed E-state index contributed by atoms with van der Waals surface area (Å²) in [6.45, 7) is 0.610. The maximum Gasteiger partial charge on any atom is 0.341 e. The zero-order chi connectivity index (χ0) is 12.1. The minimum absolute atomic E-state index is 0.505. The molecule has 0 saturated carbocycles. The molecule has 0 aromatic heterocycles. The van der Waals surface area contributed by atoms with Crippen LogP contribution in [0, 0.1) is 0 Å². The Labute approximate surface area is 100 Å². The Balaban J connectivity index is 1.91. The summed E-state index contributed by atoms with van der Waals surface area (Å²) >= 11 is 0. The van der Waals surface area contributed by atoms with Crippen LogP contribution in [0.2, 0.25) is 0 Å². The first-order valence-corrected chi connectivity index (χ1v) is 5.82. The summed E-state index contributed by atoms with van der Waals surface area (Å²) < 4.78 is 10.4. The molecule has 0 amide bonds. The average molecular weight is 236 g/mol. The molecular weight excluding hydrogens is 220 g/mol. The van der Waals surface area contributed by atoms with Crippen molar-refractivity contribution in [2.45, 2.75) is 31.7 Å². The Hall–Kier alpha value is -1.39. The highest BCUT2D eigenvalue weighted by Crippen LogP contribution is 2.19. The zero-order valence-corrected chi connectivity index (χ0v) is 9.54. The minimum Gasteiger partial charge on any atom is -0.434 e. The summed E-state index contributed by atoms with van der Waals surface area (Å²) in [7, 11) is 0. The zero-order valence-electron chi connectivity index (χ0n) is 9.54. The van der Waals surface area contributed by atoms with Gasteiger partial charge in [0.25, 0.3) is 0 Å². The van der Waals surface area contributed by atoms with Crippen LogP contribution in [0.4, 0.5) is 0 Å². The number of aliphatic hydroxyl groups is 1. The van der Waals surface area contributed by atoms with E-state index in [1.54, 1.807) is 24.3 Å². The Morgan fingerprint density at radius 1 is 1.35 bits per heavy atom. The lowest BCUT2D eigenvalue weighted by molar-refractivity contribution is -0.195. The van der Waals surface area contributed by atoms with Crippen molar-refractivity contribution in [1.29, 1.82) is 0 Å².